The molecule has 0 spiro atoms. The van der Waals surface area contributed by atoms with E-state index in [-0.39, 0.29) is 0 Å². The normalized spacial score (nSPS) is 10.6. The molecule has 4 heteroatoms. The highest BCUT2D eigenvalue weighted by Crippen LogP contribution is 2.27. The molecule has 24 heavy (non-hydrogen) atoms. The van der Waals surface area contributed by atoms with Crippen LogP contribution in [-0.4, -0.2) is 9.97 Å². The van der Waals surface area contributed by atoms with E-state index in [4.69, 9.17) is 4.74 Å². The average molecular weight is 336 g/mol. The Labute approximate surface area is 147 Å². The SMILES string of the molecule is CCc1cc(Oc2ccccc2C)nc(SCc2ccccc2)n1. The summed E-state index contributed by atoms with van der Waals surface area (Å²) in [6, 6.07) is 20.2. The number of hydrogen-bond donors (Lipinski definition) is 0. The lowest BCUT2D eigenvalue weighted by molar-refractivity contribution is 0.450. The summed E-state index contributed by atoms with van der Waals surface area (Å²) in [5, 5.41) is 0.752. The zero-order valence-electron chi connectivity index (χ0n) is 13.9. The summed E-state index contributed by atoms with van der Waals surface area (Å²) in [5.74, 6) is 2.28. The number of nitrogens with zero attached hydrogens (tertiary/aromatic N) is 2. The van der Waals surface area contributed by atoms with Crippen LogP contribution in [0.25, 0.3) is 0 Å². The van der Waals surface area contributed by atoms with Gasteiger partial charge in [0.2, 0.25) is 5.88 Å². The predicted molar refractivity (Wildman–Crippen MR) is 98.7 cm³/mol. The minimum absolute atomic E-state index is 0.603. The maximum Gasteiger partial charge on any atom is 0.223 e. The highest BCUT2D eigenvalue weighted by atomic mass is 32.2. The van der Waals surface area contributed by atoms with Gasteiger partial charge in [0.15, 0.2) is 5.16 Å². The van der Waals surface area contributed by atoms with Crippen LogP contribution in [-0.2, 0) is 12.2 Å². The first-order chi connectivity index (χ1) is 11.7. The van der Waals surface area contributed by atoms with Gasteiger partial charge in [-0.15, -0.1) is 0 Å². The van der Waals surface area contributed by atoms with Crippen molar-refractivity contribution in [2.45, 2.75) is 31.2 Å². The molecule has 0 atom stereocenters. The van der Waals surface area contributed by atoms with Crippen LogP contribution in [0.1, 0.15) is 23.7 Å². The van der Waals surface area contributed by atoms with Crippen molar-refractivity contribution in [1.82, 2.24) is 9.97 Å². The van der Waals surface area contributed by atoms with Crippen LogP contribution in [0.5, 0.6) is 11.6 Å². The Bertz CT molecular complexity index is 806. The Morgan fingerprint density at radius 2 is 1.71 bits per heavy atom. The van der Waals surface area contributed by atoms with Crippen LogP contribution >= 0.6 is 11.8 Å². The summed E-state index contributed by atoms with van der Waals surface area (Å²) in [6.45, 7) is 4.12. The van der Waals surface area contributed by atoms with Gasteiger partial charge in [0.05, 0.1) is 0 Å². The van der Waals surface area contributed by atoms with E-state index in [0.717, 1.165) is 34.3 Å². The van der Waals surface area contributed by atoms with E-state index in [1.165, 1.54) is 5.56 Å². The second-order valence-corrected chi connectivity index (χ2v) is 6.42. The summed E-state index contributed by atoms with van der Waals surface area (Å²) in [4.78, 5) is 9.17. The molecule has 122 valence electrons. The molecular formula is C20H20N2OS. The third kappa shape index (κ3) is 4.36. The largest absolute Gasteiger partial charge is 0.439 e. The quantitative estimate of drug-likeness (QED) is 0.444. The summed E-state index contributed by atoms with van der Waals surface area (Å²) < 4.78 is 5.98. The number of thioether (sulfide) groups is 1. The summed E-state index contributed by atoms with van der Waals surface area (Å²) in [5.41, 5.74) is 3.34. The fraction of sp³-hybridized carbons (Fsp3) is 0.200. The molecule has 0 aliphatic carbocycles. The first kappa shape index (κ1) is 16.5. The molecule has 0 radical (unpaired) electrons. The molecule has 0 amide bonds. The second kappa shape index (κ2) is 7.97. The number of aryl methyl sites for hydroxylation is 2. The molecule has 0 saturated carbocycles. The Hall–Kier alpha value is -2.33. The topological polar surface area (TPSA) is 35.0 Å². The number of para-hydroxylation sites is 1. The van der Waals surface area contributed by atoms with Gasteiger partial charge in [-0.05, 0) is 30.5 Å². The molecule has 0 aliphatic rings. The van der Waals surface area contributed by atoms with Crippen LogP contribution in [0.2, 0.25) is 0 Å². The van der Waals surface area contributed by atoms with Gasteiger partial charge in [-0.25, -0.2) is 4.98 Å². The summed E-state index contributed by atoms with van der Waals surface area (Å²) >= 11 is 1.63. The van der Waals surface area contributed by atoms with E-state index in [1.807, 2.05) is 55.5 Å². The lowest BCUT2D eigenvalue weighted by Crippen LogP contribution is -1.98. The van der Waals surface area contributed by atoms with Crippen molar-refractivity contribution in [3.63, 3.8) is 0 Å². The molecule has 0 fully saturated rings. The Morgan fingerprint density at radius 1 is 0.958 bits per heavy atom. The molecule has 0 bridgehead atoms. The standard InChI is InChI=1S/C20H20N2OS/c1-3-17-13-19(23-18-12-8-7-9-15(18)2)22-20(21-17)24-14-16-10-5-4-6-11-16/h4-13H,3,14H2,1-2H3. The van der Waals surface area contributed by atoms with Crippen molar-refractivity contribution >= 4 is 11.8 Å². The van der Waals surface area contributed by atoms with Gasteiger partial charge in [0.1, 0.15) is 5.75 Å². The zero-order chi connectivity index (χ0) is 16.8. The molecule has 3 aromatic rings. The lowest BCUT2D eigenvalue weighted by Gasteiger charge is -2.10. The molecular weight excluding hydrogens is 316 g/mol. The third-order valence-electron chi connectivity index (χ3n) is 3.62. The van der Waals surface area contributed by atoms with Gasteiger partial charge in [0, 0.05) is 17.5 Å². The predicted octanol–water partition coefficient (Wildman–Crippen LogP) is 5.43. The smallest absolute Gasteiger partial charge is 0.223 e. The van der Waals surface area contributed by atoms with Gasteiger partial charge in [-0.2, -0.15) is 4.98 Å². The average Bonchev–Trinajstić information content (AvgIpc) is 2.62. The van der Waals surface area contributed by atoms with Crippen LogP contribution in [0.3, 0.4) is 0 Å². The third-order valence-corrected chi connectivity index (χ3v) is 4.53. The van der Waals surface area contributed by atoms with E-state index >= 15 is 0 Å². The Kier molecular flexibility index (Phi) is 5.49. The number of hydrogen-bond acceptors (Lipinski definition) is 4. The number of benzene rings is 2. The summed E-state index contributed by atoms with van der Waals surface area (Å²) in [6.07, 6.45) is 0.853. The number of rotatable bonds is 6. The van der Waals surface area contributed by atoms with E-state index in [9.17, 15) is 0 Å². The van der Waals surface area contributed by atoms with E-state index < -0.39 is 0 Å². The van der Waals surface area contributed by atoms with Crippen molar-refractivity contribution in [1.29, 1.82) is 0 Å². The zero-order valence-corrected chi connectivity index (χ0v) is 14.7. The Balaban J connectivity index is 1.79. The molecule has 0 saturated heterocycles. The van der Waals surface area contributed by atoms with Crippen molar-refractivity contribution < 1.29 is 4.74 Å². The Morgan fingerprint density at radius 3 is 2.46 bits per heavy atom. The lowest BCUT2D eigenvalue weighted by atomic mass is 10.2. The van der Waals surface area contributed by atoms with E-state index in [1.54, 1.807) is 11.8 Å². The second-order valence-electron chi connectivity index (χ2n) is 5.48. The highest BCUT2D eigenvalue weighted by molar-refractivity contribution is 7.98. The molecule has 3 nitrogen and oxygen atoms in total. The van der Waals surface area contributed by atoms with Crippen LogP contribution in [0.4, 0.5) is 0 Å². The molecule has 0 aliphatic heterocycles. The van der Waals surface area contributed by atoms with E-state index in [0.29, 0.717) is 5.88 Å². The maximum absolute atomic E-state index is 5.98. The number of ether oxygens (including phenoxy) is 1. The monoisotopic (exact) mass is 336 g/mol. The van der Waals surface area contributed by atoms with Gasteiger partial charge >= 0.3 is 0 Å². The fourth-order valence-corrected chi connectivity index (χ4v) is 3.08. The highest BCUT2D eigenvalue weighted by Gasteiger charge is 2.08. The number of aromatic nitrogens is 2. The van der Waals surface area contributed by atoms with Crippen molar-refractivity contribution in [3.05, 3.63) is 77.5 Å². The fourth-order valence-electron chi connectivity index (χ4n) is 2.25. The minimum Gasteiger partial charge on any atom is -0.439 e. The van der Waals surface area contributed by atoms with Crippen molar-refractivity contribution in [2.24, 2.45) is 0 Å². The van der Waals surface area contributed by atoms with E-state index in [2.05, 4.69) is 29.0 Å². The summed E-state index contributed by atoms with van der Waals surface area (Å²) in [7, 11) is 0. The molecule has 1 heterocycles. The minimum atomic E-state index is 0.603. The van der Waals surface area contributed by atoms with Crippen LogP contribution in [0, 0.1) is 6.92 Å². The van der Waals surface area contributed by atoms with Gasteiger partial charge in [-0.1, -0.05) is 67.2 Å². The molecule has 1 aromatic heterocycles. The maximum atomic E-state index is 5.98. The van der Waals surface area contributed by atoms with Crippen LogP contribution in [0.15, 0.2) is 65.8 Å². The molecule has 0 unspecified atom stereocenters. The van der Waals surface area contributed by atoms with Gasteiger partial charge in [0.25, 0.3) is 0 Å². The van der Waals surface area contributed by atoms with Crippen molar-refractivity contribution in [3.8, 4) is 11.6 Å². The first-order valence-electron chi connectivity index (χ1n) is 8.03. The van der Waals surface area contributed by atoms with Gasteiger partial charge < -0.3 is 4.74 Å². The first-order valence-corrected chi connectivity index (χ1v) is 9.01. The molecule has 3 rings (SSSR count). The van der Waals surface area contributed by atoms with Crippen LogP contribution < -0.4 is 4.74 Å². The molecule has 0 N–H and O–H groups in total. The van der Waals surface area contributed by atoms with Gasteiger partial charge in [-0.3, -0.25) is 0 Å². The van der Waals surface area contributed by atoms with Crippen molar-refractivity contribution in [2.75, 3.05) is 0 Å². The molecule has 2 aromatic carbocycles.